The summed E-state index contributed by atoms with van der Waals surface area (Å²) in [5, 5.41) is 68.0. The molecule has 2 bridgehead atoms. The van der Waals surface area contributed by atoms with Gasteiger partial charge in [0.1, 0.15) is 36.8 Å². The summed E-state index contributed by atoms with van der Waals surface area (Å²) in [6, 6.07) is 0. The van der Waals surface area contributed by atoms with E-state index in [1.807, 2.05) is 6.92 Å². The first-order chi connectivity index (χ1) is 31.3. The zero-order valence-electron chi connectivity index (χ0n) is 38.8. The molecule has 2 fully saturated rings. The number of rotatable bonds is 23. The van der Waals surface area contributed by atoms with Crippen LogP contribution in [0.1, 0.15) is 162 Å². The SMILES string of the molecule is CCCCCC/C=C\CCCCCCCC(=O)OC[C@@H]1COP(=O)(O)O[C@H]2[C@H](O)[C@@H](O)[C@H](O)[C@@H](CCCCCCC(=O)O1)[C@@H](O)CC(=O)[C@H](C=C[C@@H](O)CCCCC)[C@@H](O)[C@H]2OP(=O)(O)O. The first-order valence-corrected chi connectivity index (χ1v) is 27.0. The third-order valence-corrected chi connectivity index (χ3v) is 13.4. The van der Waals surface area contributed by atoms with Gasteiger partial charge in [0, 0.05) is 25.2 Å². The highest BCUT2D eigenvalue weighted by molar-refractivity contribution is 7.47. The molecule has 2 aliphatic rings. The van der Waals surface area contributed by atoms with Crippen molar-refractivity contribution in [2.75, 3.05) is 13.2 Å². The Labute approximate surface area is 390 Å². The summed E-state index contributed by atoms with van der Waals surface area (Å²) in [5.74, 6) is -5.62. The van der Waals surface area contributed by atoms with Crippen LogP contribution in [0.4, 0.5) is 0 Å². The van der Waals surface area contributed by atoms with E-state index in [1.54, 1.807) is 0 Å². The Morgan fingerprint density at radius 3 is 2.12 bits per heavy atom. The highest BCUT2D eigenvalue weighted by atomic mass is 31.2. The van der Waals surface area contributed by atoms with Gasteiger partial charge in [0.25, 0.3) is 0 Å². The van der Waals surface area contributed by atoms with Crippen LogP contribution < -0.4 is 0 Å². The van der Waals surface area contributed by atoms with Gasteiger partial charge in [-0.15, -0.1) is 0 Å². The van der Waals surface area contributed by atoms with Gasteiger partial charge in [-0.05, 0) is 51.4 Å². The lowest BCUT2D eigenvalue weighted by molar-refractivity contribution is -0.165. The maximum absolute atomic E-state index is 13.9. The standard InChI is InChI=1S/C45H80O19P2/c1-3-5-7-8-9-10-11-12-13-14-15-16-21-25-38(49)60-30-33-31-61-66(58,59)64-45-43(54)42(53)40(51)34(24-20-17-18-22-26-39(50)62-33)36(47)29-37(48)35(28-27-32(46)23-19-6-4-2)41(52)44(45)63-65(55,56)57/h10-11,27-28,32-36,40-47,51-54H,3-9,12-26,29-31H2,1-2H3,(H,58,59)(H2,55,56,57)/b11-10-,28-27?/t32-,33+,34-,35-,36-,40+,41+,42-,43+,44+,45-/m0/s1. The fourth-order valence-electron chi connectivity index (χ4n) is 8.06. The van der Waals surface area contributed by atoms with Crippen LogP contribution in [0.2, 0.25) is 0 Å². The van der Waals surface area contributed by atoms with Crippen LogP contribution >= 0.6 is 15.6 Å². The molecule has 0 spiro atoms. The molecule has 1 saturated heterocycles. The maximum atomic E-state index is 13.9. The minimum absolute atomic E-state index is 0.0478. The second-order valence-corrected chi connectivity index (χ2v) is 20.2. The number of Topliss-reactive ketones (excluding diaryl/α,β-unsaturated/α-hetero) is 1. The Balaban J connectivity index is 2.35. The molecule has 0 radical (unpaired) electrons. The number of phosphoric acid groups is 2. The van der Waals surface area contributed by atoms with Gasteiger partial charge >= 0.3 is 27.6 Å². The molecular formula is C45H80O19P2. The quantitative estimate of drug-likeness (QED) is 0.0263. The second-order valence-electron chi connectivity index (χ2n) is 17.6. The minimum Gasteiger partial charge on any atom is -0.462 e. The minimum atomic E-state index is -5.78. The maximum Gasteiger partial charge on any atom is 0.472 e. The number of hydrogen-bond acceptors (Lipinski definition) is 16. The number of cyclic esters (lactones) is 1. The fourth-order valence-corrected chi connectivity index (χ4v) is 9.59. The van der Waals surface area contributed by atoms with Gasteiger partial charge in [-0.25, -0.2) is 9.13 Å². The number of ketones is 1. The van der Waals surface area contributed by atoms with Crippen LogP contribution in [0.15, 0.2) is 24.3 Å². The van der Waals surface area contributed by atoms with E-state index in [9.17, 15) is 68.8 Å². The highest BCUT2D eigenvalue weighted by Crippen LogP contribution is 2.49. The van der Waals surface area contributed by atoms with Gasteiger partial charge in [0.2, 0.25) is 0 Å². The summed E-state index contributed by atoms with van der Waals surface area (Å²) in [6.07, 6.45) is 1.38. The number of ether oxygens (including phenoxy) is 2. The Hall–Kier alpha value is -1.93. The van der Waals surface area contributed by atoms with Crippen LogP contribution in [-0.4, -0.2) is 131 Å². The molecular weight excluding hydrogens is 906 g/mol. The van der Waals surface area contributed by atoms with Crippen molar-refractivity contribution in [3.63, 3.8) is 0 Å². The molecule has 0 aromatic rings. The summed E-state index contributed by atoms with van der Waals surface area (Å²) >= 11 is 0. The number of aliphatic hydroxyl groups excluding tert-OH is 6. The zero-order valence-corrected chi connectivity index (χ0v) is 40.6. The van der Waals surface area contributed by atoms with Crippen molar-refractivity contribution >= 4 is 33.4 Å². The van der Waals surface area contributed by atoms with E-state index in [2.05, 4.69) is 19.1 Å². The van der Waals surface area contributed by atoms with Gasteiger partial charge in [-0.2, -0.15) is 0 Å². The van der Waals surface area contributed by atoms with Crippen molar-refractivity contribution in [2.45, 2.75) is 216 Å². The average Bonchev–Trinajstić information content (AvgIpc) is 3.25. The summed E-state index contributed by atoms with van der Waals surface area (Å²) < 4.78 is 52.0. The molecule has 1 heterocycles. The van der Waals surface area contributed by atoms with E-state index in [1.165, 1.54) is 25.7 Å². The summed E-state index contributed by atoms with van der Waals surface area (Å²) in [7, 11) is -11.5. The normalized spacial score (nSPS) is 31.1. The van der Waals surface area contributed by atoms with Crippen LogP contribution in [0.5, 0.6) is 0 Å². The van der Waals surface area contributed by atoms with Crippen molar-refractivity contribution in [1.29, 1.82) is 0 Å². The first-order valence-electron chi connectivity index (χ1n) is 24.0. The number of unbranched alkanes of at least 4 members (excludes halogenated alkanes) is 11. The Morgan fingerprint density at radius 2 is 1.45 bits per heavy atom. The van der Waals surface area contributed by atoms with Gasteiger partial charge < -0.3 is 54.8 Å². The number of allylic oxidation sites excluding steroid dienone is 2. The van der Waals surface area contributed by atoms with Crippen LogP contribution in [0.3, 0.4) is 0 Å². The predicted molar refractivity (Wildman–Crippen MR) is 242 cm³/mol. The van der Waals surface area contributed by atoms with Crippen molar-refractivity contribution in [3.8, 4) is 0 Å². The van der Waals surface area contributed by atoms with E-state index < -0.39 is 120 Å². The Bertz CT molecular complexity index is 1540. The number of carbonyl (C=O) groups excluding carboxylic acids is 3. The number of esters is 2. The Morgan fingerprint density at radius 1 is 0.833 bits per heavy atom. The second kappa shape index (κ2) is 32.8. The number of phosphoric ester groups is 2. The van der Waals surface area contributed by atoms with E-state index in [4.69, 9.17) is 23.0 Å². The number of hydrogen-bond donors (Lipinski definition) is 9. The highest BCUT2D eigenvalue weighted by Gasteiger charge is 2.51. The Kier molecular flexibility index (Phi) is 29.9. The van der Waals surface area contributed by atoms with Crippen LogP contribution in [0.25, 0.3) is 0 Å². The van der Waals surface area contributed by atoms with Crippen LogP contribution in [0, 0.1) is 11.8 Å². The lowest BCUT2D eigenvalue weighted by Crippen LogP contribution is -2.56. The van der Waals surface area contributed by atoms with Gasteiger partial charge in [0.15, 0.2) is 6.10 Å². The smallest absolute Gasteiger partial charge is 0.462 e. The van der Waals surface area contributed by atoms with E-state index in [-0.39, 0.29) is 32.1 Å². The summed E-state index contributed by atoms with van der Waals surface area (Å²) in [5.41, 5.74) is 0. The molecule has 21 heteroatoms. The fraction of sp³-hybridized carbons (Fsp3) is 0.844. The van der Waals surface area contributed by atoms with E-state index >= 15 is 0 Å². The molecule has 1 aliphatic carbocycles. The molecule has 9 N–H and O–H groups in total. The van der Waals surface area contributed by atoms with Gasteiger partial charge in [-0.3, -0.25) is 28.0 Å². The topological polar surface area (TPSA) is 314 Å². The molecule has 1 saturated carbocycles. The molecule has 19 nitrogen and oxygen atoms in total. The van der Waals surface area contributed by atoms with E-state index in [0.717, 1.165) is 63.5 Å². The predicted octanol–water partition coefficient (Wildman–Crippen LogP) is 5.54. The molecule has 384 valence electrons. The molecule has 0 amide bonds. The van der Waals surface area contributed by atoms with Crippen LogP contribution in [-0.2, 0) is 46.6 Å². The monoisotopic (exact) mass is 986 g/mol. The lowest BCUT2D eigenvalue weighted by atomic mass is 9.82. The first kappa shape index (κ1) is 60.2. The molecule has 12 atom stereocenters. The third-order valence-electron chi connectivity index (χ3n) is 11.9. The molecule has 66 heavy (non-hydrogen) atoms. The molecule has 0 aromatic heterocycles. The third kappa shape index (κ3) is 24.6. The van der Waals surface area contributed by atoms with Crippen molar-refractivity contribution < 1.29 is 91.9 Å². The number of fused-ring (bicyclic) bond motifs is 4. The number of carbonyl (C=O) groups is 3. The molecule has 0 aromatic carbocycles. The van der Waals surface area contributed by atoms with Crippen molar-refractivity contribution in [2.24, 2.45) is 11.8 Å². The summed E-state index contributed by atoms with van der Waals surface area (Å²) in [4.78, 5) is 70.5. The average molecular weight is 987 g/mol. The van der Waals surface area contributed by atoms with Gasteiger partial charge in [-0.1, -0.05) is 115 Å². The zero-order chi connectivity index (χ0) is 49.1. The lowest BCUT2D eigenvalue weighted by Gasteiger charge is -2.38. The molecule has 1 aliphatic heterocycles. The van der Waals surface area contributed by atoms with Gasteiger partial charge in [0.05, 0.1) is 36.9 Å². The van der Waals surface area contributed by atoms with E-state index in [0.29, 0.717) is 32.1 Å². The molecule has 1 unspecified atom stereocenters. The summed E-state index contributed by atoms with van der Waals surface area (Å²) in [6.45, 7) is 2.54. The number of aliphatic hydroxyl groups is 6. The van der Waals surface area contributed by atoms with Crippen molar-refractivity contribution in [3.05, 3.63) is 24.3 Å². The molecule has 2 rings (SSSR count). The largest absolute Gasteiger partial charge is 0.472 e. The van der Waals surface area contributed by atoms with Crippen molar-refractivity contribution in [1.82, 2.24) is 0 Å².